The van der Waals surface area contributed by atoms with Gasteiger partial charge < -0.3 is 5.32 Å². The summed E-state index contributed by atoms with van der Waals surface area (Å²) in [4.78, 5) is 27.1. The van der Waals surface area contributed by atoms with Gasteiger partial charge in [0.05, 0.1) is 5.56 Å². The fraction of sp³-hybridized carbons (Fsp3) is 0.0667. The zero-order valence-corrected chi connectivity index (χ0v) is 10.8. The summed E-state index contributed by atoms with van der Waals surface area (Å²) in [5, 5.41) is 11.3. The van der Waals surface area contributed by atoms with Crippen LogP contribution in [-0.2, 0) is 0 Å². The van der Waals surface area contributed by atoms with Gasteiger partial charge in [0, 0.05) is 17.4 Å². The van der Waals surface area contributed by atoms with Crippen LogP contribution in [0.15, 0.2) is 42.6 Å². The minimum atomic E-state index is -0.393. The van der Waals surface area contributed by atoms with E-state index in [1.807, 2.05) is 6.07 Å². The van der Waals surface area contributed by atoms with E-state index >= 15 is 0 Å². The summed E-state index contributed by atoms with van der Waals surface area (Å²) < 4.78 is 0. The number of anilines is 1. The van der Waals surface area contributed by atoms with E-state index < -0.39 is 5.91 Å². The van der Waals surface area contributed by atoms with E-state index in [1.165, 1.54) is 25.3 Å². The van der Waals surface area contributed by atoms with Crippen LogP contribution in [0.2, 0.25) is 0 Å². The van der Waals surface area contributed by atoms with Crippen molar-refractivity contribution >= 4 is 17.4 Å². The molecule has 0 aliphatic heterocycles. The van der Waals surface area contributed by atoms with Crippen molar-refractivity contribution in [2.24, 2.45) is 0 Å². The molecule has 0 radical (unpaired) electrons. The summed E-state index contributed by atoms with van der Waals surface area (Å²) >= 11 is 0. The second-order valence-corrected chi connectivity index (χ2v) is 4.14. The van der Waals surface area contributed by atoms with Crippen molar-refractivity contribution in [3.05, 3.63) is 59.4 Å². The van der Waals surface area contributed by atoms with Gasteiger partial charge in [-0.25, -0.2) is 4.98 Å². The van der Waals surface area contributed by atoms with Crippen LogP contribution >= 0.6 is 0 Å². The highest BCUT2D eigenvalue weighted by Gasteiger charge is 2.08. The van der Waals surface area contributed by atoms with E-state index in [9.17, 15) is 9.59 Å². The fourth-order valence-corrected chi connectivity index (χ4v) is 1.61. The topological polar surface area (TPSA) is 82.9 Å². The first kappa shape index (κ1) is 13.4. The van der Waals surface area contributed by atoms with Gasteiger partial charge in [0.15, 0.2) is 5.78 Å². The minimum absolute atomic E-state index is 0.0717. The maximum absolute atomic E-state index is 12.0. The molecule has 5 heteroatoms. The minimum Gasteiger partial charge on any atom is -0.321 e. The molecule has 0 aliphatic carbocycles. The summed E-state index contributed by atoms with van der Waals surface area (Å²) in [6.07, 6.45) is 1.33. The van der Waals surface area contributed by atoms with E-state index in [1.54, 1.807) is 24.3 Å². The highest BCUT2D eigenvalue weighted by atomic mass is 16.2. The monoisotopic (exact) mass is 265 g/mol. The number of carbonyl (C=O) groups excluding carboxylic acids is 2. The number of nitrogens with one attached hydrogen (secondary N) is 1. The van der Waals surface area contributed by atoms with Gasteiger partial charge in [0.1, 0.15) is 11.8 Å². The highest BCUT2D eigenvalue weighted by Crippen LogP contribution is 2.12. The lowest BCUT2D eigenvalue weighted by molar-refractivity contribution is 0.100. The normalized spacial score (nSPS) is 9.60. The molecular formula is C15H11N3O2. The number of benzene rings is 1. The Morgan fingerprint density at radius 1 is 1.25 bits per heavy atom. The SMILES string of the molecule is CC(=O)c1cccc(NC(=O)c2ccc(C#N)cn2)c1. The van der Waals surface area contributed by atoms with Crippen LogP contribution in [-0.4, -0.2) is 16.7 Å². The first-order chi connectivity index (χ1) is 9.60. The Kier molecular flexibility index (Phi) is 3.87. The van der Waals surface area contributed by atoms with Crippen LogP contribution in [0.3, 0.4) is 0 Å². The van der Waals surface area contributed by atoms with Gasteiger partial charge in [-0.3, -0.25) is 9.59 Å². The molecule has 0 aliphatic rings. The van der Waals surface area contributed by atoms with E-state index in [-0.39, 0.29) is 11.5 Å². The van der Waals surface area contributed by atoms with E-state index in [4.69, 9.17) is 5.26 Å². The van der Waals surface area contributed by atoms with Crippen molar-refractivity contribution in [1.29, 1.82) is 5.26 Å². The van der Waals surface area contributed by atoms with E-state index in [0.29, 0.717) is 16.8 Å². The number of rotatable bonds is 3. The number of carbonyl (C=O) groups is 2. The average molecular weight is 265 g/mol. The largest absolute Gasteiger partial charge is 0.321 e. The zero-order valence-electron chi connectivity index (χ0n) is 10.8. The maximum atomic E-state index is 12.0. The number of nitriles is 1. The Morgan fingerprint density at radius 3 is 2.65 bits per heavy atom. The molecule has 1 aromatic heterocycles. The van der Waals surface area contributed by atoms with Gasteiger partial charge >= 0.3 is 0 Å². The summed E-state index contributed by atoms with van der Waals surface area (Å²) in [6, 6.07) is 11.6. The third-order valence-electron chi connectivity index (χ3n) is 2.65. The Morgan fingerprint density at radius 2 is 2.05 bits per heavy atom. The predicted molar refractivity (Wildman–Crippen MR) is 73.4 cm³/mol. The van der Waals surface area contributed by atoms with Crippen LogP contribution < -0.4 is 5.32 Å². The predicted octanol–water partition coefficient (Wildman–Crippen LogP) is 2.41. The van der Waals surface area contributed by atoms with Crippen molar-refractivity contribution in [3.63, 3.8) is 0 Å². The lowest BCUT2D eigenvalue weighted by atomic mass is 10.1. The molecule has 1 N–H and O–H groups in total. The number of nitrogens with zero attached hydrogens (tertiary/aromatic N) is 2. The summed E-state index contributed by atoms with van der Waals surface area (Å²) in [7, 11) is 0. The number of hydrogen-bond donors (Lipinski definition) is 1. The fourth-order valence-electron chi connectivity index (χ4n) is 1.61. The molecule has 20 heavy (non-hydrogen) atoms. The number of pyridine rings is 1. The van der Waals surface area contributed by atoms with Gasteiger partial charge in [-0.15, -0.1) is 0 Å². The molecule has 1 aromatic carbocycles. The van der Waals surface area contributed by atoms with Gasteiger partial charge in [-0.05, 0) is 31.2 Å². The first-order valence-corrected chi connectivity index (χ1v) is 5.88. The molecule has 98 valence electrons. The molecule has 0 spiro atoms. The van der Waals surface area contributed by atoms with E-state index in [2.05, 4.69) is 10.3 Å². The molecule has 2 rings (SSSR count). The number of Topliss-reactive ketones (excluding diaryl/α,β-unsaturated/α-hetero) is 1. The average Bonchev–Trinajstić information content (AvgIpc) is 2.47. The molecule has 0 saturated carbocycles. The van der Waals surface area contributed by atoms with Crippen molar-refractivity contribution in [1.82, 2.24) is 4.98 Å². The molecular weight excluding hydrogens is 254 g/mol. The smallest absolute Gasteiger partial charge is 0.274 e. The van der Waals surface area contributed by atoms with Crippen LogP contribution in [0.4, 0.5) is 5.69 Å². The molecule has 0 saturated heterocycles. The Bertz CT molecular complexity index is 700. The lowest BCUT2D eigenvalue weighted by Crippen LogP contribution is -2.13. The van der Waals surface area contributed by atoms with Crippen molar-refractivity contribution in [2.45, 2.75) is 6.92 Å². The zero-order chi connectivity index (χ0) is 14.5. The number of amides is 1. The standard InChI is InChI=1S/C15H11N3O2/c1-10(19)12-3-2-4-13(7-12)18-15(20)14-6-5-11(8-16)9-17-14/h2-7,9H,1H3,(H,18,20). The number of ketones is 1. The van der Waals surface area contributed by atoms with Crippen LogP contribution in [0.1, 0.15) is 33.3 Å². The van der Waals surface area contributed by atoms with Gasteiger partial charge in [-0.1, -0.05) is 12.1 Å². The summed E-state index contributed by atoms with van der Waals surface area (Å²) in [6.45, 7) is 1.46. The van der Waals surface area contributed by atoms with Crippen molar-refractivity contribution in [2.75, 3.05) is 5.32 Å². The molecule has 2 aromatic rings. The van der Waals surface area contributed by atoms with Gasteiger partial charge in [-0.2, -0.15) is 5.26 Å². The third-order valence-corrected chi connectivity index (χ3v) is 2.65. The lowest BCUT2D eigenvalue weighted by Gasteiger charge is -2.05. The Balaban J connectivity index is 2.17. The molecule has 1 heterocycles. The molecule has 0 fully saturated rings. The van der Waals surface area contributed by atoms with Crippen molar-refractivity contribution < 1.29 is 9.59 Å². The highest BCUT2D eigenvalue weighted by molar-refractivity contribution is 6.03. The van der Waals surface area contributed by atoms with Gasteiger partial charge in [0.2, 0.25) is 0 Å². The van der Waals surface area contributed by atoms with Crippen LogP contribution in [0.25, 0.3) is 0 Å². The molecule has 0 unspecified atom stereocenters. The molecule has 0 atom stereocenters. The van der Waals surface area contributed by atoms with Gasteiger partial charge in [0.25, 0.3) is 5.91 Å². The molecule has 0 bridgehead atoms. The second-order valence-electron chi connectivity index (χ2n) is 4.14. The first-order valence-electron chi connectivity index (χ1n) is 5.88. The van der Waals surface area contributed by atoms with Crippen molar-refractivity contribution in [3.8, 4) is 6.07 Å². The molecule has 1 amide bonds. The third kappa shape index (κ3) is 3.06. The Hall–Kier alpha value is -3.00. The Labute approximate surface area is 115 Å². The van der Waals surface area contributed by atoms with Crippen LogP contribution in [0.5, 0.6) is 0 Å². The quantitative estimate of drug-likeness (QED) is 0.864. The second kappa shape index (κ2) is 5.76. The van der Waals surface area contributed by atoms with Crippen LogP contribution in [0, 0.1) is 11.3 Å². The number of hydrogen-bond acceptors (Lipinski definition) is 4. The number of aromatic nitrogens is 1. The maximum Gasteiger partial charge on any atom is 0.274 e. The summed E-state index contributed by atoms with van der Waals surface area (Å²) in [5.74, 6) is -0.465. The van der Waals surface area contributed by atoms with E-state index in [0.717, 1.165) is 0 Å². The molecule has 5 nitrogen and oxygen atoms in total. The summed E-state index contributed by atoms with van der Waals surface area (Å²) in [5.41, 5.74) is 1.64.